The van der Waals surface area contributed by atoms with Gasteiger partial charge in [-0.25, -0.2) is 4.39 Å². The molecule has 0 heterocycles. The van der Waals surface area contributed by atoms with Crippen LogP contribution in [0.5, 0.6) is 0 Å². The highest BCUT2D eigenvalue weighted by Gasteiger charge is 2.03. The van der Waals surface area contributed by atoms with Gasteiger partial charge >= 0.3 is 0 Å². The SMILES string of the molecule is CCN(CC)CCCNC(=S)Nc1ccc(F)c(Cl)c1. The molecule has 0 radical (unpaired) electrons. The molecule has 1 rings (SSSR count). The minimum absolute atomic E-state index is 0.0827. The van der Waals surface area contributed by atoms with Gasteiger partial charge < -0.3 is 15.5 Å². The van der Waals surface area contributed by atoms with Crippen molar-refractivity contribution in [3.8, 4) is 0 Å². The fraction of sp³-hybridized carbons (Fsp3) is 0.500. The molecule has 0 fully saturated rings. The highest BCUT2D eigenvalue weighted by Crippen LogP contribution is 2.19. The Labute approximate surface area is 130 Å². The minimum Gasteiger partial charge on any atom is -0.362 e. The van der Waals surface area contributed by atoms with Crippen LogP contribution in [0.4, 0.5) is 10.1 Å². The Morgan fingerprint density at radius 3 is 2.65 bits per heavy atom. The van der Waals surface area contributed by atoms with Crippen LogP contribution in [0.2, 0.25) is 5.02 Å². The summed E-state index contributed by atoms with van der Waals surface area (Å²) in [6, 6.07) is 4.43. The zero-order valence-corrected chi connectivity index (χ0v) is 13.5. The van der Waals surface area contributed by atoms with Gasteiger partial charge in [-0.05, 0) is 56.5 Å². The maximum Gasteiger partial charge on any atom is 0.170 e. The van der Waals surface area contributed by atoms with Gasteiger partial charge in [0.05, 0.1) is 5.02 Å². The summed E-state index contributed by atoms with van der Waals surface area (Å²) >= 11 is 10.9. The van der Waals surface area contributed by atoms with Crippen LogP contribution >= 0.6 is 23.8 Å². The van der Waals surface area contributed by atoms with Crippen molar-refractivity contribution in [2.75, 3.05) is 31.5 Å². The zero-order valence-electron chi connectivity index (χ0n) is 11.9. The van der Waals surface area contributed by atoms with Gasteiger partial charge in [0.15, 0.2) is 5.11 Å². The highest BCUT2D eigenvalue weighted by atomic mass is 35.5. The molecule has 0 amide bonds. The molecule has 0 saturated carbocycles. The standard InChI is InChI=1S/C14H21ClFN3S/c1-3-19(4-2)9-5-8-17-14(20)18-11-6-7-13(16)12(15)10-11/h6-7,10H,3-5,8-9H2,1-2H3,(H2,17,18,20). The molecule has 0 aliphatic rings. The molecule has 3 nitrogen and oxygen atoms in total. The Balaban J connectivity index is 2.28. The Morgan fingerprint density at radius 1 is 1.35 bits per heavy atom. The lowest BCUT2D eigenvalue weighted by molar-refractivity contribution is 0.300. The maximum absolute atomic E-state index is 13.0. The van der Waals surface area contributed by atoms with E-state index in [0.29, 0.717) is 10.8 Å². The predicted molar refractivity (Wildman–Crippen MR) is 88.0 cm³/mol. The average Bonchev–Trinajstić information content (AvgIpc) is 2.43. The van der Waals surface area contributed by atoms with E-state index in [1.54, 1.807) is 6.07 Å². The maximum atomic E-state index is 13.0. The molecule has 20 heavy (non-hydrogen) atoms. The van der Waals surface area contributed by atoms with Crippen LogP contribution in [-0.2, 0) is 0 Å². The van der Waals surface area contributed by atoms with Gasteiger partial charge in [-0.1, -0.05) is 25.4 Å². The Morgan fingerprint density at radius 2 is 2.05 bits per heavy atom. The van der Waals surface area contributed by atoms with E-state index in [0.717, 1.165) is 32.6 Å². The van der Waals surface area contributed by atoms with Gasteiger partial charge in [0.25, 0.3) is 0 Å². The first-order valence-corrected chi connectivity index (χ1v) is 7.57. The Kier molecular flexibility index (Phi) is 7.80. The summed E-state index contributed by atoms with van der Waals surface area (Å²) in [4.78, 5) is 2.36. The fourth-order valence-corrected chi connectivity index (χ4v) is 2.19. The van der Waals surface area contributed by atoms with Crippen molar-refractivity contribution in [3.63, 3.8) is 0 Å². The Bertz CT molecular complexity index is 438. The first-order valence-electron chi connectivity index (χ1n) is 6.79. The molecule has 112 valence electrons. The zero-order chi connectivity index (χ0) is 15.0. The van der Waals surface area contributed by atoms with Crippen LogP contribution < -0.4 is 10.6 Å². The van der Waals surface area contributed by atoms with Crippen LogP contribution in [0.1, 0.15) is 20.3 Å². The number of hydrogen-bond donors (Lipinski definition) is 2. The van der Waals surface area contributed by atoms with Crippen molar-refractivity contribution in [2.45, 2.75) is 20.3 Å². The molecule has 1 aromatic rings. The van der Waals surface area contributed by atoms with Crippen molar-refractivity contribution < 1.29 is 4.39 Å². The topological polar surface area (TPSA) is 27.3 Å². The molecule has 0 bridgehead atoms. The molecule has 2 N–H and O–H groups in total. The third kappa shape index (κ3) is 6.03. The number of benzene rings is 1. The largest absolute Gasteiger partial charge is 0.362 e. The summed E-state index contributed by atoms with van der Waals surface area (Å²) in [5, 5.41) is 6.71. The third-order valence-corrected chi connectivity index (χ3v) is 3.54. The Hall–Kier alpha value is -0.910. The molecule has 0 aliphatic heterocycles. The van der Waals surface area contributed by atoms with Crippen molar-refractivity contribution in [1.29, 1.82) is 0 Å². The van der Waals surface area contributed by atoms with E-state index in [1.807, 2.05) is 0 Å². The van der Waals surface area contributed by atoms with Gasteiger partial charge in [-0.15, -0.1) is 0 Å². The number of halogens is 2. The van der Waals surface area contributed by atoms with Gasteiger partial charge in [0.1, 0.15) is 5.82 Å². The predicted octanol–water partition coefficient (Wildman–Crippen LogP) is 3.50. The highest BCUT2D eigenvalue weighted by molar-refractivity contribution is 7.80. The van der Waals surface area contributed by atoms with E-state index < -0.39 is 5.82 Å². The van der Waals surface area contributed by atoms with Crippen molar-refractivity contribution in [1.82, 2.24) is 10.2 Å². The van der Waals surface area contributed by atoms with Crippen molar-refractivity contribution in [3.05, 3.63) is 29.0 Å². The molecule has 0 saturated heterocycles. The average molecular weight is 318 g/mol. The molecule has 0 aromatic heterocycles. The molecular weight excluding hydrogens is 297 g/mol. The number of hydrogen-bond acceptors (Lipinski definition) is 2. The van der Waals surface area contributed by atoms with Gasteiger partial charge in [-0.2, -0.15) is 0 Å². The lowest BCUT2D eigenvalue weighted by Gasteiger charge is -2.18. The summed E-state index contributed by atoms with van der Waals surface area (Å²) in [7, 11) is 0. The lowest BCUT2D eigenvalue weighted by atomic mass is 10.3. The van der Waals surface area contributed by atoms with E-state index in [1.165, 1.54) is 12.1 Å². The van der Waals surface area contributed by atoms with E-state index >= 15 is 0 Å². The second kappa shape index (κ2) is 9.10. The smallest absolute Gasteiger partial charge is 0.170 e. The van der Waals surface area contributed by atoms with E-state index in [9.17, 15) is 4.39 Å². The van der Waals surface area contributed by atoms with E-state index in [-0.39, 0.29) is 5.02 Å². The summed E-state index contributed by atoms with van der Waals surface area (Å²) in [5.74, 6) is -0.435. The minimum atomic E-state index is -0.435. The van der Waals surface area contributed by atoms with Crippen molar-refractivity contribution in [2.24, 2.45) is 0 Å². The second-order valence-electron chi connectivity index (χ2n) is 4.39. The van der Waals surface area contributed by atoms with Crippen LogP contribution in [0.3, 0.4) is 0 Å². The van der Waals surface area contributed by atoms with Crippen molar-refractivity contribution >= 4 is 34.6 Å². The number of rotatable bonds is 7. The van der Waals surface area contributed by atoms with Crippen LogP contribution in [0.25, 0.3) is 0 Å². The number of anilines is 1. The molecule has 0 aliphatic carbocycles. The van der Waals surface area contributed by atoms with E-state index in [4.69, 9.17) is 23.8 Å². The quantitative estimate of drug-likeness (QED) is 0.594. The van der Waals surface area contributed by atoms with Crippen LogP contribution in [-0.4, -0.2) is 36.2 Å². The summed E-state index contributed by atoms with van der Waals surface area (Å²) in [5.41, 5.74) is 0.678. The number of nitrogens with one attached hydrogen (secondary N) is 2. The first-order chi connectivity index (χ1) is 9.56. The molecule has 0 spiro atoms. The summed E-state index contributed by atoms with van der Waals surface area (Å²) < 4.78 is 13.0. The number of thiocarbonyl (C=S) groups is 1. The van der Waals surface area contributed by atoms with Gasteiger partial charge in [0, 0.05) is 12.2 Å². The number of nitrogens with zero attached hydrogens (tertiary/aromatic N) is 1. The first kappa shape index (κ1) is 17.1. The monoisotopic (exact) mass is 317 g/mol. The molecule has 6 heteroatoms. The third-order valence-electron chi connectivity index (χ3n) is 3.01. The van der Waals surface area contributed by atoms with Gasteiger partial charge in [0.2, 0.25) is 0 Å². The summed E-state index contributed by atoms with van der Waals surface area (Å²) in [6.45, 7) is 8.28. The normalized spacial score (nSPS) is 10.7. The fourth-order valence-electron chi connectivity index (χ4n) is 1.79. The van der Waals surface area contributed by atoms with Gasteiger partial charge in [-0.3, -0.25) is 0 Å². The second-order valence-corrected chi connectivity index (χ2v) is 5.21. The van der Waals surface area contributed by atoms with Crippen LogP contribution in [0.15, 0.2) is 18.2 Å². The van der Waals surface area contributed by atoms with Crippen LogP contribution in [0, 0.1) is 5.82 Å². The molecule has 1 aromatic carbocycles. The lowest BCUT2D eigenvalue weighted by Crippen LogP contribution is -2.32. The molecule has 0 unspecified atom stereocenters. The molecule has 0 atom stereocenters. The molecular formula is C14H21ClFN3S. The van der Waals surface area contributed by atoms with E-state index in [2.05, 4.69) is 29.4 Å². The summed E-state index contributed by atoms with van der Waals surface area (Å²) in [6.07, 6.45) is 1.02.